The molecule has 0 saturated carbocycles. The molecule has 0 heterocycles. The normalized spacial score (nSPS) is 10.2. The number of aryl methyl sites for hydroxylation is 1. The van der Waals surface area contributed by atoms with E-state index in [1.54, 1.807) is 58.6 Å². The van der Waals surface area contributed by atoms with E-state index in [0.717, 1.165) is 5.56 Å². The van der Waals surface area contributed by atoms with Gasteiger partial charge in [0.15, 0.2) is 0 Å². The molecule has 0 fully saturated rings. The average Bonchev–Trinajstić information content (AvgIpc) is 2.66. The van der Waals surface area contributed by atoms with E-state index >= 15 is 0 Å². The molecule has 2 aromatic rings. The number of anilines is 1. The molecule has 0 radical (unpaired) electrons. The fourth-order valence-corrected chi connectivity index (χ4v) is 2.44. The molecule has 2 amide bonds. The van der Waals surface area contributed by atoms with Gasteiger partial charge in [0.05, 0.1) is 19.9 Å². The molecular formula is C20H24N2O4. The zero-order chi connectivity index (χ0) is 19.1. The van der Waals surface area contributed by atoms with Gasteiger partial charge in [0.1, 0.15) is 11.5 Å². The number of benzene rings is 2. The quantitative estimate of drug-likeness (QED) is 0.828. The highest BCUT2D eigenvalue weighted by Crippen LogP contribution is 2.29. The lowest BCUT2D eigenvalue weighted by Gasteiger charge is -2.12. The van der Waals surface area contributed by atoms with Crippen molar-refractivity contribution < 1.29 is 19.1 Å². The number of nitrogens with zero attached hydrogens (tertiary/aromatic N) is 1. The summed E-state index contributed by atoms with van der Waals surface area (Å²) in [6.07, 6.45) is 0.914. The van der Waals surface area contributed by atoms with Gasteiger partial charge >= 0.3 is 0 Å². The Morgan fingerprint density at radius 1 is 1.00 bits per heavy atom. The van der Waals surface area contributed by atoms with Crippen LogP contribution in [0, 0.1) is 0 Å². The maximum Gasteiger partial charge on any atom is 0.253 e. The largest absolute Gasteiger partial charge is 0.497 e. The third kappa shape index (κ3) is 4.99. The zero-order valence-corrected chi connectivity index (χ0v) is 15.5. The lowest BCUT2D eigenvalue weighted by atomic mass is 10.1. The molecule has 1 N–H and O–H groups in total. The van der Waals surface area contributed by atoms with Gasteiger partial charge in [0.25, 0.3) is 5.91 Å². The molecule has 0 atom stereocenters. The highest BCUT2D eigenvalue weighted by atomic mass is 16.5. The molecular weight excluding hydrogens is 332 g/mol. The van der Waals surface area contributed by atoms with Crippen molar-refractivity contribution in [2.45, 2.75) is 12.8 Å². The van der Waals surface area contributed by atoms with Gasteiger partial charge in [-0.25, -0.2) is 0 Å². The molecule has 2 rings (SSSR count). The summed E-state index contributed by atoms with van der Waals surface area (Å²) in [5, 5.41) is 2.85. The first-order chi connectivity index (χ1) is 12.4. The number of hydrogen-bond donors (Lipinski definition) is 1. The van der Waals surface area contributed by atoms with Crippen LogP contribution in [0.15, 0.2) is 42.5 Å². The first-order valence-corrected chi connectivity index (χ1v) is 8.27. The molecule has 0 saturated heterocycles. The number of amides is 2. The molecule has 0 aliphatic carbocycles. The second kappa shape index (κ2) is 8.89. The Labute approximate surface area is 153 Å². The highest BCUT2D eigenvalue weighted by Gasteiger charge is 2.10. The van der Waals surface area contributed by atoms with Gasteiger partial charge in [-0.3, -0.25) is 9.59 Å². The standard InChI is InChI=1S/C20H24N2O4/c1-22(2)20(24)15-8-5-14(6-9-15)7-12-19(23)21-17-11-10-16(25-3)13-18(17)26-4/h5-6,8-11,13H,7,12H2,1-4H3,(H,21,23). The molecule has 26 heavy (non-hydrogen) atoms. The van der Waals surface area contributed by atoms with Crippen molar-refractivity contribution in [3.8, 4) is 11.5 Å². The van der Waals surface area contributed by atoms with Crippen LogP contribution in [0.4, 0.5) is 5.69 Å². The summed E-state index contributed by atoms with van der Waals surface area (Å²) in [6.45, 7) is 0. The van der Waals surface area contributed by atoms with Crippen LogP contribution in [0.2, 0.25) is 0 Å². The Balaban J connectivity index is 1.94. The van der Waals surface area contributed by atoms with Gasteiger partial charge in [0, 0.05) is 32.1 Å². The van der Waals surface area contributed by atoms with Crippen LogP contribution in [0.5, 0.6) is 11.5 Å². The average molecular weight is 356 g/mol. The summed E-state index contributed by atoms with van der Waals surface area (Å²) >= 11 is 0. The summed E-state index contributed by atoms with van der Waals surface area (Å²) in [5.41, 5.74) is 2.23. The molecule has 0 spiro atoms. The molecule has 0 aromatic heterocycles. The Morgan fingerprint density at radius 2 is 1.69 bits per heavy atom. The summed E-state index contributed by atoms with van der Waals surface area (Å²) in [6, 6.07) is 12.5. The lowest BCUT2D eigenvalue weighted by Crippen LogP contribution is -2.21. The number of nitrogens with one attached hydrogen (secondary N) is 1. The van der Waals surface area contributed by atoms with Crippen molar-refractivity contribution in [2.75, 3.05) is 33.6 Å². The Kier molecular flexibility index (Phi) is 6.60. The fourth-order valence-electron chi connectivity index (χ4n) is 2.44. The molecule has 0 aliphatic heterocycles. The Bertz CT molecular complexity index is 770. The fraction of sp³-hybridized carbons (Fsp3) is 0.300. The van der Waals surface area contributed by atoms with E-state index in [9.17, 15) is 9.59 Å². The summed E-state index contributed by atoms with van der Waals surface area (Å²) in [4.78, 5) is 25.6. The van der Waals surface area contributed by atoms with E-state index in [1.807, 2.05) is 12.1 Å². The SMILES string of the molecule is COc1ccc(NC(=O)CCc2ccc(C(=O)N(C)C)cc2)c(OC)c1. The second-order valence-electron chi connectivity index (χ2n) is 6.01. The molecule has 6 heteroatoms. The first kappa shape index (κ1) is 19.3. The molecule has 2 aromatic carbocycles. The first-order valence-electron chi connectivity index (χ1n) is 8.27. The molecule has 0 bridgehead atoms. The molecule has 0 aliphatic rings. The highest BCUT2D eigenvalue weighted by molar-refractivity contribution is 5.94. The van der Waals surface area contributed by atoms with Gasteiger partial charge in [-0.2, -0.15) is 0 Å². The van der Waals surface area contributed by atoms with Crippen molar-refractivity contribution in [1.82, 2.24) is 4.90 Å². The van der Waals surface area contributed by atoms with Crippen LogP contribution >= 0.6 is 0 Å². The third-order valence-corrected chi connectivity index (χ3v) is 3.93. The predicted octanol–water partition coefficient (Wildman–Crippen LogP) is 2.98. The van der Waals surface area contributed by atoms with Crippen molar-refractivity contribution >= 4 is 17.5 Å². The zero-order valence-electron chi connectivity index (χ0n) is 15.5. The minimum atomic E-state index is -0.109. The second-order valence-corrected chi connectivity index (χ2v) is 6.01. The molecule has 138 valence electrons. The Morgan fingerprint density at radius 3 is 2.27 bits per heavy atom. The number of carbonyl (C=O) groups excluding carboxylic acids is 2. The van der Waals surface area contributed by atoms with Crippen LogP contribution in [0.1, 0.15) is 22.3 Å². The molecule has 0 unspecified atom stereocenters. The van der Waals surface area contributed by atoms with Crippen molar-refractivity contribution in [3.63, 3.8) is 0 Å². The smallest absolute Gasteiger partial charge is 0.253 e. The number of ether oxygens (including phenoxy) is 2. The van der Waals surface area contributed by atoms with Gasteiger partial charge < -0.3 is 19.7 Å². The minimum Gasteiger partial charge on any atom is -0.497 e. The van der Waals surface area contributed by atoms with Crippen LogP contribution in [-0.2, 0) is 11.2 Å². The van der Waals surface area contributed by atoms with Crippen LogP contribution in [0.3, 0.4) is 0 Å². The van der Waals surface area contributed by atoms with Crippen molar-refractivity contribution in [1.29, 1.82) is 0 Å². The number of methoxy groups -OCH3 is 2. The van der Waals surface area contributed by atoms with Crippen LogP contribution in [-0.4, -0.2) is 45.0 Å². The summed E-state index contributed by atoms with van der Waals surface area (Å²) in [7, 11) is 6.55. The van der Waals surface area contributed by atoms with E-state index < -0.39 is 0 Å². The van der Waals surface area contributed by atoms with Crippen molar-refractivity contribution in [2.24, 2.45) is 0 Å². The summed E-state index contributed by atoms with van der Waals surface area (Å²) < 4.78 is 10.4. The summed E-state index contributed by atoms with van der Waals surface area (Å²) in [5.74, 6) is 1.05. The maximum absolute atomic E-state index is 12.2. The molecule has 6 nitrogen and oxygen atoms in total. The van der Waals surface area contributed by atoms with Crippen LogP contribution < -0.4 is 14.8 Å². The number of carbonyl (C=O) groups is 2. The van der Waals surface area contributed by atoms with E-state index in [0.29, 0.717) is 35.6 Å². The van der Waals surface area contributed by atoms with Gasteiger partial charge in [-0.05, 0) is 36.2 Å². The van der Waals surface area contributed by atoms with E-state index in [2.05, 4.69) is 5.32 Å². The number of rotatable bonds is 7. The lowest BCUT2D eigenvalue weighted by molar-refractivity contribution is -0.116. The van der Waals surface area contributed by atoms with Gasteiger partial charge in [-0.15, -0.1) is 0 Å². The topological polar surface area (TPSA) is 67.9 Å². The Hall–Kier alpha value is -3.02. The third-order valence-electron chi connectivity index (χ3n) is 3.93. The van der Waals surface area contributed by atoms with Gasteiger partial charge in [0.2, 0.25) is 5.91 Å². The van der Waals surface area contributed by atoms with E-state index in [-0.39, 0.29) is 11.8 Å². The predicted molar refractivity (Wildman–Crippen MR) is 101 cm³/mol. The van der Waals surface area contributed by atoms with E-state index in [4.69, 9.17) is 9.47 Å². The number of hydrogen-bond acceptors (Lipinski definition) is 4. The van der Waals surface area contributed by atoms with Gasteiger partial charge in [-0.1, -0.05) is 12.1 Å². The van der Waals surface area contributed by atoms with E-state index in [1.165, 1.54) is 4.90 Å². The van der Waals surface area contributed by atoms with Crippen molar-refractivity contribution in [3.05, 3.63) is 53.6 Å². The monoisotopic (exact) mass is 356 g/mol. The maximum atomic E-state index is 12.2. The minimum absolute atomic E-state index is 0.0408. The van der Waals surface area contributed by atoms with Crippen LogP contribution in [0.25, 0.3) is 0 Å².